The number of aromatic nitrogens is 2. The topological polar surface area (TPSA) is 29.9 Å². The van der Waals surface area contributed by atoms with E-state index in [-0.39, 0.29) is 0 Å². The molecule has 0 amide bonds. The molecule has 0 fully saturated rings. The lowest BCUT2D eigenvalue weighted by Crippen LogP contribution is -2.22. The van der Waals surface area contributed by atoms with Gasteiger partial charge in [-0.15, -0.1) is 0 Å². The zero-order chi connectivity index (χ0) is 9.10. The van der Waals surface area contributed by atoms with Crippen molar-refractivity contribution in [2.24, 2.45) is 0 Å². The molecular weight excluding hydrogens is 162 g/mol. The Balaban J connectivity index is 2.05. The van der Waals surface area contributed by atoms with Crippen LogP contribution in [0.2, 0.25) is 0 Å². The molecule has 0 saturated carbocycles. The molecule has 0 spiro atoms. The fourth-order valence-corrected chi connectivity index (χ4v) is 1.58. The second-order valence-electron chi connectivity index (χ2n) is 3.48. The van der Waals surface area contributed by atoms with Gasteiger partial charge in [-0.1, -0.05) is 11.6 Å². The van der Waals surface area contributed by atoms with E-state index in [1.165, 1.54) is 11.3 Å². The first-order chi connectivity index (χ1) is 6.36. The predicted octanol–water partition coefficient (Wildman–Crippen LogP) is 1.11. The first-order valence-corrected chi connectivity index (χ1v) is 4.71. The van der Waals surface area contributed by atoms with Crippen molar-refractivity contribution in [1.29, 1.82) is 0 Å². The molecule has 1 aromatic rings. The highest BCUT2D eigenvalue weighted by molar-refractivity contribution is 5.09. The van der Waals surface area contributed by atoms with Crippen LogP contribution in [0.1, 0.15) is 12.1 Å². The average Bonchev–Trinajstić information content (AvgIpc) is 2.54. The lowest BCUT2D eigenvalue weighted by atomic mass is 10.1. The number of imidazole rings is 1. The molecule has 0 bridgehead atoms. The maximum atomic E-state index is 4.11. The summed E-state index contributed by atoms with van der Waals surface area (Å²) in [5.74, 6) is 0. The van der Waals surface area contributed by atoms with E-state index in [9.17, 15) is 0 Å². The van der Waals surface area contributed by atoms with Crippen molar-refractivity contribution in [3.63, 3.8) is 0 Å². The van der Waals surface area contributed by atoms with Gasteiger partial charge in [0, 0.05) is 25.0 Å². The minimum atomic E-state index is 1.01. The van der Waals surface area contributed by atoms with Crippen LogP contribution in [-0.4, -0.2) is 22.6 Å². The van der Waals surface area contributed by atoms with E-state index >= 15 is 0 Å². The summed E-state index contributed by atoms with van der Waals surface area (Å²) in [6.45, 7) is 5.23. The van der Waals surface area contributed by atoms with Gasteiger partial charge in [0.05, 0.1) is 6.33 Å². The second kappa shape index (κ2) is 3.75. The van der Waals surface area contributed by atoms with E-state index < -0.39 is 0 Å². The summed E-state index contributed by atoms with van der Waals surface area (Å²) in [5, 5.41) is 3.31. The van der Waals surface area contributed by atoms with E-state index in [1.54, 1.807) is 0 Å². The molecule has 1 aromatic heterocycles. The van der Waals surface area contributed by atoms with Gasteiger partial charge in [0.1, 0.15) is 0 Å². The Hall–Kier alpha value is -1.09. The highest BCUT2D eigenvalue weighted by Gasteiger charge is 2.04. The Morgan fingerprint density at radius 3 is 3.15 bits per heavy atom. The van der Waals surface area contributed by atoms with Crippen molar-refractivity contribution in [3.05, 3.63) is 29.9 Å². The van der Waals surface area contributed by atoms with Crippen LogP contribution in [0, 0.1) is 6.92 Å². The molecule has 1 N–H and O–H groups in total. The summed E-state index contributed by atoms with van der Waals surface area (Å²) >= 11 is 0. The number of rotatable bonds is 2. The van der Waals surface area contributed by atoms with Crippen molar-refractivity contribution in [2.45, 2.75) is 19.9 Å². The van der Waals surface area contributed by atoms with Crippen LogP contribution in [0.4, 0.5) is 0 Å². The Bertz CT molecular complexity index is 312. The van der Waals surface area contributed by atoms with Gasteiger partial charge < -0.3 is 9.88 Å². The zero-order valence-corrected chi connectivity index (χ0v) is 7.95. The highest BCUT2D eigenvalue weighted by atomic mass is 15.0. The lowest BCUT2D eigenvalue weighted by Gasteiger charge is -2.15. The van der Waals surface area contributed by atoms with Gasteiger partial charge in [-0.25, -0.2) is 4.98 Å². The zero-order valence-electron chi connectivity index (χ0n) is 7.95. The van der Waals surface area contributed by atoms with Crippen LogP contribution >= 0.6 is 0 Å². The van der Waals surface area contributed by atoms with Gasteiger partial charge >= 0.3 is 0 Å². The molecule has 1 aliphatic heterocycles. The highest BCUT2D eigenvalue weighted by Crippen LogP contribution is 2.09. The molecule has 0 atom stereocenters. The molecule has 0 saturated heterocycles. The maximum absolute atomic E-state index is 4.11. The summed E-state index contributed by atoms with van der Waals surface area (Å²) in [6.07, 6.45) is 7.25. The van der Waals surface area contributed by atoms with Gasteiger partial charge in [0.25, 0.3) is 0 Å². The Morgan fingerprint density at radius 2 is 2.54 bits per heavy atom. The largest absolute Gasteiger partial charge is 0.331 e. The van der Waals surface area contributed by atoms with E-state index in [4.69, 9.17) is 0 Å². The number of hydrogen-bond donors (Lipinski definition) is 1. The van der Waals surface area contributed by atoms with Crippen molar-refractivity contribution in [2.75, 3.05) is 13.1 Å². The molecule has 2 heterocycles. The minimum absolute atomic E-state index is 1.01. The SMILES string of the molecule is Cc1cncn1CC1=CCNCC1. The number of nitrogens with zero attached hydrogens (tertiary/aromatic N) is 2. The number of aryl methyl sites for hydroxylation is 1. The van der Waals surface area contributed by atoms with Crippen molar-refractivity contribution >= 4 is 0 Å². The number of nitrogens with one attached hydrogen (secondary N) is 1. The predicted molar refractivity (Wildman–Crippen MR) is 52.5 cm³/mol. The number of hydrogen-bond acceptors (Lipinski definition) is 2. The second-order valence-corrected chi connectivity index (χ2v) is 3.48. The van der Waals surface area contributed by atoms with Crippen LogP contribution in [0.3, 0.4) is 0 Å². The van der Waals surface area contributed by atoms with Crippen molar-refractivity contribution < 1.29 is 0 Å². The lowest BCUT2D eigenvalue weighted by molar-refractivity contribution is 0.644. The van der Waals surface area contributed by atoms with Crippen molar-refractivity contribution in [1.82, 2.24) is 14.9 Å². The average molecular weight is 177 g/mol. The normalized spacial score (nSPS) is 17.2. The molecular formula is C10H15N3. The molecule has 0 unspecified atom stereocenters. The van der Waals surface area contributed by atoms with E-state index in [0.717, 1.165) is 26.1 Å². The quantitative estimate of drug-likeness (QED) is 0.686. The minimum Gasteiger partial charge on any atom is -0.331 e. The summed E-state index contributed by atoms with van der Waals surface area (Å²) in [4.78, 5) is 4.11. The van der Waals surface area contributed by atoms with Crippen molar-refractivity contribution in [3.8, 4) is 0 Å². The molecule has 2 rings (SSSR count). The Labute approximate surface area is 78.5 Å². The van der Waals surface area contributed by atoms with Crippen LogP contribution in [0.25, 0.3) is 0 Å². The Kier molecular flexibility index (Phi) is 2.45. The fraction of sp³-hybridized carbons (Fsp3) is 0.500. The summed E-state index contributed by atoms with van der Waals surface area (Å²) in [6, 6.07) is 0. The standard InChI is InChI=1S/C10H15N3/c1-9-6-12-8-13(9)7-10-2-4-11-5-3-10/h2,6,8,11H,3-5,7H2,1H3. The summed E-state index contributed by atoms with van der Waals surface area (Å²) < 4.78 is 2.19. The molecule has 13 heavy (non-hydrogen) atoms. The third-order valence-electron chi connectivity index (χ3n) is 2.45. The third kappa shape index (κ3) is 1.98. The molecule has 3 nitrogen and oxygen atoms in total. The van der Waals surface area contributed by atoms with Gasteiger partial charge in [-0.05, 0) is 19.9 Å². The monoisotopic (exact) mass is 177 g/mol. The van der Waals surface area contributed by atoms with Crippen LogP contribution in [-0.2, 0) is 6.54 Å². The van der Waals surface area contributed by atoms with Gasteiger partial charge in [0.2, 0.25) is 0 Å². The maximum Gasteiger partial charge on any atom is 0.0951 e. The fourth-order valence-electron chi connectivity index (χ4n) is 1.58. The van der Waals surface area contributed by atoms with Gasteiger partial charge in [-0.3, -0.25) is 0 Å². The smallest absolute Gasteiger partial charge is 0.0951 e. The van der Waals surface area contributed by atoms with E-state index in [1.807, 2.05) is 12.5 Å². The first-order valence-electron chi connectivity index (χ1n) is 4.71. The third-order valence-corrected chi connectivity index (χ3v) is 2.45. The van der Waals surface area contributed by atoms with Gasteiger partial charge in [-0.2, -0.15) is 0 Å². The first kappa shape index (κ1) is 8.51. The van der Waals surface area contributed by atoms with E-state index in [0.29, 0.717) is 0 Å². The van der Waals surface area contributed by atoms with Gasteiger partial charge in [0.15, 0.2) is 0 Å². The molecule has 0 aromatic carbocycles. The van der Waals surface area contributed by atoms with Crippen LogP contribution < -0.4 is 5.32 Å². The molecule has 70 valence electrons. The molecule has 0 aliphatic carbocycles. The molecule has 0 radical (unpaired) electrons. The van der Waals surface area contributed by atoms with E-state index in [2.05, 4.69) is 27.9 Å². The summed E-state index contributed by atoms with van der Waals surface area (Å²) in [7, 11) is 0. The molecule has 1 aliphatic rings. The van der Waals surface area contributed by atoms with Crippen LogP contribution in [0.5, 0.6) is 0 Å². The molecule has 3 heteroatoms. The summed E-state index contributed by atoms with van der Waals surface area (Å²) in [5.41, 5.74) is 2.75. The Morgan fingerprint density at radius 1 is 1.62 bits per heavy atom. The van der Waals surface area contributed by atoms with Crippen LogP contribution in [0.15, 0.2) is 24.2 Å².